The van der Waals surface area contributed by atoms with Crippen LogP contribution in [0.15, 0.2) is 30.9 Å². The van der Waals surface area contributed by atoms with E-state index < -0.39 is 0 Å². The Morgan fingerprint density at radius 2 is 1.91 bits per heavy atom. The number of ether oxygens (including phenoxy) is 2. The third-order valence-corrected chi connectivity index (χ3v) is 3.02. The molecular formula is C17H24N2O4. The maximum Gasteiger partial charge on any atom is 0.251 e. The van der Waals surface area contributed by atoms with Gasteiger partial charge in [-0.15, -0.1) is 0 Å². The SMILES string of the molecule is C=CCOc1ccc(C(=O)NCCNC(=O)C(C)C)cc1OC. The predicted octanol–water partition coefficient (Wildman–Crippen LogP) is 1.76. The number of carbonyl (C=O) groups excluding carboxylic acids is 2. The molecule has 126 valence electrons. The smallest absolute Gasteiger partial charge is 0.251 e. The maximum absolute atomic E-state index is 12.1. The minimum Gasteiger partial charge on any atom is -0.493 e. The van der Waals surface area contributed by atoms with Gasteiger partial charge in [0.15, 0.2) is 11.5 Å². The van der Waals surface area contributed by atoms with E-state index in [2.05, 4.69) is 17.2 Å². The normalized spacial score (nSPS) is 10.1. The zero-order chi connectivity index (χ0) is 17.2. The molecule has 0 heterocycles. The maximum atomic E-state index is 12.1. The van der Waals surface area contributed by atoms with Crippen molar-refractivity contribution in [2.24, 2.45) is 5.92 Å². The van der Waals surface area contributed by atoms with Crippen LogP contribution >= 0.6 is 0 Å². The average Bonchev–Trinajstić information content (AvgIpc) is 2.55. The number of carbonyl (C=O) groups is 2. The van der Waals surface area contributed by atoms with Gasteiger partial charge in [0.2, 0.25) is 5.91 Å². The largest absolute Gasteiger partial charge is 0.493 e. The van der Waals surface area contributed by atoms with Gasteiger partial charge in [0.05, 0.1) is 7.11 Å². The molecule has 2 N–H and O–H groups in total. The van der Waals surface area contributed by atoms with Gasteiger partial charge < -0.3 is 20.1 Å². The number of nitrogens with one attached hydrogen (secondary N) is 2. The van der Waals surface area contributed by atoms with Gasteiger partial charge >= 0.3 is 0 Å². The van der Waals surface area contributed by atoms with Crippen molar-refractivity contribution in [3.8, 4) is 11.5 Å². The van der Waals surface area contributed by atoms with E-state index in [1.54, 1.807) is 24.3 Å². The molecule has 0 aliphatic rings. The third-order valence-electron chi connectivity index (χ3n) is 3.02. The summed E-state index contributed by atoms with van der Waals surface area (Å²) >= 11 is 0. The number of hydrogen-bond acceptors (Lipinski definition) is 4. The third kappa shape index (κ3) is 6.02. The van der Waals surface area contributed by atoms with Crippen molar-refractivity contribution in [2.45, 2.75) is 13.8 Å². The number of methoxy groups -OCH3 is 1. The van der Waals surface area contributed by atoms with Gasteiger partial charge in [-0.05, 0) is 18.2 Å². The van der Waals surface area contributed by atoms with Crippen molar-refractivity contribution < 1.29 is 19.1 Å². The summed E-state index contributed by atoms with van der Waals surface area (Å²) in [6.07, 6.45) is 1.63. The molecule has 1 aromatic carbocycles. The Labute approximate surface area is 136 Å². The first-order valence-electron chi connectivity index (χ1n) is 7.47. The summed E-state index contributed by atoms with van der Waals surface area (Å²) in [6.45, 7) is 8.32. The summed E-state index contributed by atoms with van der Waals surface area (Å²) in [6, 6.07) is 4.95. The van der Waals surface area contributed by atoms with Crippen LogP contribution in [0.4, 0.5) is 0 Å². The number of hydrogen-bond donors (Lipinski definition) is 2. The second-order valence-electron chi connectivity index (χ2n) is 5.17. The highest BCUT2D eigenvalue weighted by molar-refractivity contribution is 5.94. The topological polar surface area (TPSA) is 76.7 Å². The molecule has 0 radical (unpaired) electrons. The molecule has 0 saturated heterocycles. The molecule has 0 unspecified atom stereocenters. The van der Waals surface area contributed by atoms with Crippen LogP contribution in [0, 0.1) is 5.92 Å². The van der Waals surface area contributed by atoms with E-state index in [1.165, 1.54) is 7.11 Å². The number of benzene rings is 1. The summed E-state index contributed by atoms with van der Waals surface area (Å²) in [4.78, 5) is 23.5. The van der Waals surface area contributed by atoms with E-state index in [0.717, 1.165) is 0 Å². The minimum absolute atomic E-state index is 0.0374. The van der Waals surface area contributed by atoms with Gasteiger partial charge in [0, 0.05) is 24.6 Å². The van der Waals surface area contributed by atoms with Gasteiger partial charge in [0.25, 0.3) is 5.91 Å². The lowest BCUT2D eigenvalue weighted by Gasteiger charge is -2.12. The van der Waals surface area contributed by atoms with Crippen LogP contribution < -0.4 is 20.1 Å². The molecule has 6 nitrogen and oxygen atoms in total. The van der Waals surface area contributed by atoms with E-state index in [4.69, 9.17) is 9.47 Å². The van der Waals surface area contributed by atoms with Crippen LogP contribution in [-0.2, 0) is 4.79 Å². The summed E-state index contributed by atoms with van der Waals surface area (Å²) < 4.78 is 10.7. The molecule has 1 rings (SSSR count). The summed E-state index contributed by atoms with van der Waals surface area (Å²) in [5.41, 5.74) is 0.461. The molecule has 0 bridgehead atoms. The first-order chi connectivity index (χ1) is 11.0. The van der Waals surface area contributed by atoms with Crippen LogP contribution in [0.25, 0.3) is 0 Å². The van der Waals surface area contributed by atoms with Crippen molar-refractivity contribution >= 4 is 11.8 Å². The van der Waals surface area contributed by atoms with Crippen molar-refractivity contribution in [1.82, 2.24) is 10.6 Å². The highest BCUT2D eigenvalue weighted by Gasteiger charge is 2.11. The van der Waals surface area contributed by atoms with Crippen LogP contribution in [0.2, 0.25) is 0 Å². The van der Waals surface area contributed by atoms with Gasteiger partial charge in [-0.3, -0.25) is 9.59 Å². The van der Waals surface area contributed by atoms with E-state index in [9.17, 15) is 9.59 Å². The monoisotopic (exact) mass is 320 g/mol. The zero-order valence-corrected chi connectivity index (χ0v) is 13.8. The second-order valence-corrected chi connectivity index (χ2v) is 5.17. The average molecular weight is 320 g/mol. The molecule has 2 amide bonds. The number of rotatable bonds is 9. The summed E-state index contributed by atoms with van der Waals surface area (Å²) in [5.74, 6) is 0.681. The fourth-order valence-corrected chi connectivity index (χ4v) is 1.74. The first kappa shape index (κ1) is 18.5. The highest BCUT2D eigenvalue weighted by atomic mass is 16.5. The summed E-state index contributed by atoms with van der Waals surface area (Å²) in [7, 11) is 1.51. The second kappa shape index (κ2) is 9.50. The van der Waals surface area contributed by atoms with E-state index in [1.807, 2.05) is 13.8 Å². The molecule has 0 aliphatic heterocycles. The Morgan fingerprint density at radius 1 is 1.22 bits per heavy atom. The predicted molar refractivity (Wildman–Crippen MR) is 88.9 cm³/mol. The first-order valence-corrected chi connectivity index (χ1v) is 7.47. The molecule has 0 fully saturated rings. The Bertz CT molecular complexity index is 556. The standard InChI is InChI=1S/C17H24N2O4/c1-5-10-23-14-7-6-13(11-15(14)22-4)17(21)19-9-8-18-16(20)12(2)3/h5-7,11-12H,1,8-10H2,2-4H3,(H,18,20)(H,19,21). The molecule has 6 heteroatoms. The van der Waals surface area contributed by atoms with Crippen LogP contribution in [-0.4, -0.2) is 38.6 Å². The Morgan fingerprint density at radius 3 is 2.52 bits per heavy atom. The van der Waals surface area contributed by atoms with Crippen molar-refractivity contribution in [1.29, 1.82) is 0 Å². The lowest BCUT2D eigenvalue weighted by atomic mass is 10.2. The van der Waals surface area contributed by atoms with E-state index in [0.29, 0.717) is 36.8 Å². The van der Waals surface area contributed by atoms with E-state index >= 15 is 0 Å². The van der Waals surface area contributed by atoms with Crippen molar-refractivity contribution in [2.75, 3.05) is 26.8 Å². The van der Waals surface area contributed by atoms with E-state index in [-0.39, 0.29) is 17.7 Å². The van der Waals surface area contributed by atoms with Gasteiger partial charge in [-0.1, -0.05) is 26.5 Å². The Hall–Kier alpha value is -2.50. The van der Waals surface area contributed by atoms with Crippen molar-refractivity contribution in [3.05, 3.63) is 36.4 Å². The minimum atomic E-state index is -0.239. The molecule has 23 heavy (non-hydrogen) atoms. The molecule has 0 spiro atoms. The molecule has 0 aliphatic carbocycles. The van der Waals surface area contributed by atoms with Crippen LogP contribution in [0.5, 0.6) is 11.5 Å². The fraction of sp³-hybridized carbons (Fsp3) is 0.412. The van der Waals surface area contributed by atoms with Crippen LogP contribution in [0.1, 0.15) is 24.2 Å². The fourth-order valence-electron chi connectivity index (χ4n) is 1.74. The summed E-state index contributed by atoms with van der Waals surface area (Å²) in [5, 5.41) is 5.48. The molecular weight excluding hydrogens is 296 g/mol. The van der Waals surface area contributed by atoms with Gasteiger partial charge in [0.1, 0.15) is 6.61 Å². The van der Waals surface area contributed by atoms with Crippen LogP contribution in [0.3, 0.4) is 0 Å². The molecule has 0 saturated carbocycles. The quantitative estimate of drug-likeness (QED) is 0.537. The van der Waals surface area contributed by atoms with Crippen molar-refractivity contribution in [3.63, 3.8) is 0 Å². The lowest BCUT2D eigenvalue weighted by Crippen LogP contribution is -2.36. The Balaban J connectivity index is 2.56. The van der Waals surface area contributed by atoms with Gasteiger partial charge in [-0.2, -0.15) is 0 Å². The highest BCUT2D eigenvalue weighted by Crippen LogP contribution is 2.28. The van der Waals surface area contributed by atoms with Gasteiger partial charge in [-0.25, -0.2) is 0 Å². The molecule has 0 atom stereocenters. The zero-order valence-electron chi connectivity index (χ0n) is 13.8. The molecule has 0 aromatic heterocycles. The lowest BCUT2D eigenvalue weighted by molar-refractivity contribution is -0.123. The Kier molecular flexibility index (Phi) is 7.66. The number of amides is 2. The molecule has 1 aromatic rings.